The highest BCUT2D eigenvalue weighted by Gasteiger charge is 2.35. The third-order valence-corrected chi connectivity index (χ3v) is 6.22. The van der Waals surface area contributed by atoms with Gasteiger partial charge in [-0.25, -0.2) is 4.98 Å². The first-order valence-corrected chi connectivity index (χ1v) is 11.2. The Morgan fingerprint density at radius 3 is 2.52 bits per heavy atom. The van der Waals surface area contributed by atoms with E-state index >= 15 is 0 Å². The number of nitrogens with zero attached hydrogens (tertiary/aromatic N) is 3. The number of carbonyl (C=O) groups is 1. The third kappa shape index (κ3) is 4.04. The van der Waals surface area contributed by atoms with E-state index in [-0.39, 0.29) is 11.8 Å². The number of aromatic nitrogens is 2. The lowest BCUT2D eigenvalue weighted by molar-refractivity contribution is -0.117. The molecule has 0 radical (unpaired) electrons. The first-order valence-electron chi connectivity index (χ1n) is 11.2. The van der Waals surface area contributed by atoms with Crippen molar-refractivity contribution < 1.29 is 14.3 Å². The molecule has 1 amide bonds. The molecule has 1 saturated heterocycles. The molecule has 2 heterocycles. The molecule has 1 aliphatic rings. The van der Waals surface area contributed by atoms with Crippen LogP contribution < -0.4 is 14.4 Å². The first kappa shape index (κ1) is 21.1. The molecule has 1 fully saturated rings. The number of fused-ring (bicyclic) bond motifs is 1. The second-order valence-corrected chi connectivity index (χ2v) is 8.30. The van der Waals surface area contributed by atoms with E-state index < -0.39 is 0 Å². The topological polar surface area (TPSA) is 56.6 Å². The highest BCUT2D eigenvalue weighted by molar-refractivity contribution is 5.97. The predicted molar refractivity (Wildman–Crippen MR) is 129 cm³/mol. The number of benzene rings is 3. The minimum Gasteiger partial charge on any atom is -0.493 e. The standard InChI is InChI=1S/C27H27N3O3/c1-19-9-3-5-11-22(19)30-18-20(17-26(30)31)27-28-21-10-4-6-12-23(21)29(27)15-16-33-25-14-8-7-13-24(25)32-2/h3-14,20H,15-18H2,1-2H3/t20-/m1/s1. The summed E-state index contributed by atoms with van der Waals surface area (Å²) < 4.78 is 13.6. The second-order valence-electron chi connectivity index (χ2n) is 8.30. The lowest BCUT2D eigenvalue weighted by atomic mass is 10.1. The van der Waals surface area contributed by atoms with Crippen molar-refractivity contribution in [1.29, 1.82) is 0 Å². The van der Waals surface area contributed by atoms with Crippen LogP contribution in [0.3, 0.4) is 0 Å². The van der Waals surface area contributed by atoms with Crippen LogP contribution in [0.15, 0.2) is 72.8 Å². The lowest BCUT2D eigenvalue weighted by Gasteiger charge is -2.19. The van der Waals surface area contributed by atoms with Gasteiger partial charge >= 0.3 is 0 Å². The number of aryl methyl sites for hydroxylation is 1. The van der Waals surface area contributed by atoms with E-state index in [0.29, 0.717) is 37.6 Å². The maximum Gasteiger partial charge on any atom is 0.227 e. The number of para-hydroxylation sites is 5. The Balaban J connectivity index is 1.41. The lowest BCUT2D eigenvalue weighted by Crippen LogP contribution is -2.25. The molecule has 6 nitrogen and oxygen atoms in total. The van der Waals surface area contributed by atoms with E-state index in [1.807, 2.05) is 78.6 Å². The maximum atomic E-state index is 13.0. The molecule has 1 aliphatic heterocycles. The molecular formula is C27H27N3O3. The van der Waals surface area contributed by atoms with Crippen molar-refractivity contribution in [2.75, 3.05) is 25.2 Å². The minimum atomic E-state index is 0.0239. The number of hydrogen-bond donors (Lipinski definition) is 0. The zero-order valence-electron chi connectivity index (χ0n) is 18.9. The van der Waals surface area contributed by atoms with Gasteiger partial charge in [0.05, 0.1) is 24.7 Å². The number of anilines is 1. The zero-order valence-corrected chi connectivity index (χ0v) is 18.9. The fourth-order valence-corrected chi connectivity index (χ4v) is 4.61. The summed E-state index contributed by atoms with van der Waals surface area (Å²) in [4.78, 5) is 19.8. The summed E-state index contributed by atoms with van der Waals surface area (Å²) >= 11 is 0. The van der Waals surface area contributed by atoms with Crippen LogP contribution in [0, 0.1) is 6.92 Å². The van der Waals surface area contributed by atoms with Gasteiger partial charge in [0.2, 0.25) is 5.91 Å². The Bertz CT molecular complexity index is 1300. The number of amides is 1. The molecule has 0 N–H and O–H groups in total. The van der Waals surface area contributed by atoms with Crippen molar-refractivity contribution in [2.45, 2.75) is 25.8 Å². The van der Waals surface area contributed by atoms with Crippen molar-refractivity contribution in [2.24, 2.45) is 0 Å². The van der Waals surface area contributed by atoms with E-state index in [1.165, 1.54) is 0 Å². The van der Waals surface area contributed by atoms with E-state index in [4.69, 9.17) is 14.5 Å². The van der Waals surface area contributed by atoms with Crippen LogP contribution in [0.4, 0.5) is 5.69 Å². The van der Waals surface area contributed by atoms with Crippen LogP contribution in [0.25, 0.3) is 11.0 Å². The van der Waals surface area contributed by atoms with Crippen molar-refractivity contribution in [3.8, 4) is 11.5 Å². The summed E-state index contributed by atoms with van der Waals surface area (Å²) in [7, 11) is 1.64. The number of hydrogen-bond acceptors (Lipinski definition) is 4. The monoisotopic (exact) mass is 441 g/mol. The summed E-state index contributed by atoms with van der Waals surface area (Å²) in [6.45, 7) is 3.76. The van der Waals surface area contributed by atoms with Gasteiger partial charge in [-0.1, -0.05) is 42.5 Å². The molecule has 5 rings (SSSR count). The van der Waals surface area contributed by atoms with Crippen molar-refractivity contribution in [3.05, 3.63) is 84.2 Å². The van der Waals surface area contributed by atoms with Gasteiger partial charge in [0.25, 0.3) is 0 Å². The predicted octanol–water partition coefficient (Wildman–Crippen LogP) is 4.95. The van der Waals surface area contributed by atoms with Crippen molar-refractivity contribution in [1.82, 2.24) is 9.55 Å². The quantitative estimate of drug-likeness (QED) is 0.407. The highest BCUT2D eigenvalue weighted by atomic mass is 16.5. The fraction of sp³-hybridized carbons (Fsp3) is 0.259. The van der Waals surface area contributed by atoms with E-state index in [2.05, 4.69) is 10.6 Å². The summed E-state index contributed by atoms with van der Waals surface area (Å²) in [5.74, 6) is 2.52. The number of methoxy groups -OCH3 is 1. The molecule has 0 bridgehead atoms. The average Bonchev–Trinajstić information content (AvgIpc) is 3.40. The first-order chi connectivity index (χ1) is 16.2. The molecular weight excluding hydrogens is 414 g/mol. The molecule has 0 unspecified atom stereocenters. The van der Waals surface area contributed by atoms with Crippen LogP contribution in [-0.2, 0) is 11.3 Å². The van der Waals surface area contributed by atoms with Gasteiger partial charge in [0, 0.05) is 24.6 Å². The van der Waals surface area contributed by atoms with Gasteiger partial charge in [-0.2, -0.15) is 0 Å². The number of imidazole rings is 1. The molecule has 1 atom stereocenters. The fourth-order valence-electron chi connectivity index (χ4n) is 4.61. The van der Waals surface area contributed by atoms with Gasteiger partial charge in [0.1, 0.15) is 12.4 Å². The number of rotatable bonds is 7. The Labute approximate surface area is 193 Å². The van der Waals surface area contributed by atoms with Crippen LogP contribution in [0.2, 0.25) is 0 Å². The van der Waals surface area contributed by atoms with Crippen molar-refractivity contribution >= 4 is 22.6 Å². The molecule has 33 heavy (non-hydrogen) atoms. The zero-order chi connectivity index (χ0) is 22.8. The Hall–Kier alpha value is -3.80. The Morgan fingerprint density at radius 2 is 1.70 bits per heavy atom. The molecule has 168 valence electrons. The van der Waals surface area contributed by atoms with Gasteiger partial charge in [0.15, 0.2) is 11.5 Å². The van der Waals surface area contributed by atoms with Crippen LogP contribution in [0.1, 0.15) is 23.7 Å². The SMILES string of the molecule is COc1ccccc1OCCn1c([C@@H]2CC(=O)N(c3ccccc3C)C2)nc2ccccc21. The van der Waals surface area contributed by atoms with Gasteiger partial charge in [-0.15, -0.1) is 0 Å². The smallest absolute Gasteiger partial charge is 0.227 e. The summed E-state index contributed by atoms with van der Waals surface area (Å²) in [6, 6.07) is 23.8. The molecule has 0 spiro atoms. The maximum absolute atomic E-state index is 13.0. The molecule has 6 heteroatoms. The van der Waals surface area contributed by atoms with E-state index in [9.17, 15) is 4.79 Å². The summed E-state index contributed by atoms with van der Waals surface area (Å²) in [5.41, 5.74) is 4.07. The molecule has 3 aromatic carbocycles. The average molecular weight is 442 g/mol. The largest absolute Gasteiger partial charge is 0.493 e. The number of ether oxygens (including phenoxy) is 2. The molecule has 4 aromatic rings. The summed E-state index contributed by atoms with van der Waals surface area (Å²) in [6.07, 6.45) is 0.449. The van der Waals surface area contributed by atoms with Crippen LogP contribution in [-0.4, -0.2) is 35.7 Å². The highest BCUT2D eigenvalue weighted by Crippen LogP contribution is 2.34. The molecule has 0 saturated carbocycles. The minimum absolute atomic E-state index is 0.0239. The molecule has 1 aromatic heterocycles. The number of carbonyl (C=O) groups excluding carboxylic acids is 1. The summed E-state index contributed by atoms with van der Waals surface area (Å²) in [5, 5.41) is 0. The van der Waals surface area contributed by atoms with Gasteiger partial charge < -0.3 is 18.9 Å². The second kappa shape index (κ2) is 8.98. The van der Waals surface area contributed by atoms with E-state index in [0.717, 1.165) is 28.1 Å². The van der Waals surface area contributed by atoms with E-state index in [1.54, 1.807) is 7.11 Å². The van der Waals surface area contributed by atoms with Gasteiger partial charge in [-0.3, -0.25) is 4.79 Å². The Kier molecular flexibility index (Phi) is 5.73. The third-order valence-electron chi connectivity index (χ3n) is 6.22. The van der Waals surface area contributed by atoms with Crippen LogP contribution in [0.5, 0.6) is 11.5 Å². The van der Waals surface area contributed by atoms with Crippen molar-refractivity contribution in [3.63, 3.8) is 0 Å². The normalized spacial score (nSPS) is 15.9. The molecule has 0 aliphatic carbocycles. The van der Waals surface area contributed by atoms with Gasteiger partial charge in [-0.05, 0) is 42.8 Å². The van der Waals surface area contributed by atoms with Crippen LogP contribution >= 0.6 is 0 Å². The Morgan fingerprint density at radius 1 is 0.970 bits per heavy atom.